The van der Waals surface area contributed by atoms with Crippen molar-refractivity contribution in [2.24, 2.45) is 5.10 Å². The first-order chi connectivity index (χ1) is 15.7. The first kappa shape index (κ1) is 23.4. The summed E-state index contributed by atoms with van der Waals surface area (Å²) in [5, 5.41) is 3.93. The number of amides is 1. The molecular weight excluding hydrogens is 578 g/mol. The van der Waals surface area contributed by atoms with Gasteiger partial charge in [-0.2, -0.15) is 5.10 Å². The first-order valence-corrected chi connectivity index (χ1v) is 12.6. The number of fused-ring (bicyclic) bond motifs is 1. The lowest BCUT2D eigenvalue weighted by atomic mass is 10.3. The molecular formula is C21H17Br2N5O4S. The number of halogens is 2. The zero-order chi connectivity index (χ0) is 23.6. The molecule has 33 heavy (non-hydrogen) atoms. The lowest BCUT2D eigenvalue weighted by molar-refractivity contribution is 0.0948. The molecule has 4 aromatic rings. The van der Waals surface area contributed by atoms with Crippen molar-refractivity contribution < 1.29 is 17.6 Å². The second-order valence-electron chi connectivity index (χ2n) is 6.90. The summed E-state index contributed by atoms with van der Waals surface area (Å²) in [6.07, 6.45) is 3.08. The Labute approximate surface area is 206 Å². The molecule has 0 aliphatic heterocycles. The minimum atomic E-state index is -3.68. The third-order valence-corrected chi connectivity index (χ3v) is 6.99. The number of nitrogens with one attached hydrogen (secondary N) is 2. The minimum absolute atomic E-state index is 0.0333. The molecule has 0 aliphatic rings. The molecule has 0 radical (unpaired) electrons. The van der Waals surface area contributed by atoms with Crippen molar-refractivity contribution in [2.45, 2.75) is 18.4 Å². The van der Waals surface area contributed by atoms with Crippen LogP contribution in [0.15, 0.2) is 78.1 Å². The molecule has 0 saturated heterocycles. The van der Waals surface area contributed by atoms with Gasteiger partial charge in [0.25, 0.3) is 5.91 Å². The van der Waals surface area contributed by atoms with Gasteiger partial charge in [0.15, 0.2) is 0 Å². The van der Waals surface area contributed by atoms with Crippen molar-refractivity contribution in [3.63, 3.8) is 0 Å². The Kier molecular flexibility index (Phi) is 6.79. The predicted octanol–water partition coefficient (Wildman–Crippen LogP) is 4.00. The van der Waals surface area contributed by atoms with E-state index in [1.165, 1.54) is 18.3 Å². The van der Waals surface area contributed by atoms with Crippen molar-refractivity contribution in [1.29, 1.82) is 0 Å². The zero-order valence-electron chi connectivity index (χ0n) is 17.1. The van der Waals surface area contributed by atoms with Crippen LogP contribution in [0.25, 0.3) is 5.65 Å². The van der Waals surface area contributed by atoms with E-state index in [2.05, 4.69) is 52.1 Å². The average Bonchev–Trinajstić information content (AvgIpc) is 3.35. The Hall–Kier alpha value is -2.80. The zero-order valence-corrected chi connectivity index (χ0v) is 21.1. The first-order valence-electron chi connectivity index (χ1n) is 9.54. The van der Waals surface area contributed by atoms with E-state index in [1.54, 1.807) is 47.9 Å². The number of rotatable bonds is 7. The van der Waals surface area contributed by atoms with Gasteiger partial charge in [-0.15, -0.1) is 0 Å². The van der Waals surface area contributed by atoms with E-state index in [4.69, 9.17) is 4.42 Å². The van der Waals surface area contributed by atoms with Crippen LogP contribution in [0.3, 0.4) is 0 Å². The summed E-state index contributed by atoms with van der Waals surface area (Å²) >= 11 is 6.66. The van der Waals surface area contributed by atoms with Gasteiger partial charge in [0.05, 0.1) is 23.3 Å². The Bertz CT molecular complexity index is 1460. The normalized spacial score (nSPS) is 12.0. The fourth-order valence-corrected chi connectivity index (χ4v) is 4.63. The van der Waals surface area contributed by atoms with Crippen molar-refractivity contribution in [3.8, 4) is 0 Å². The van der Waals surface area contributed by atoms with Gasteiger partial charge in [-0.05, 0) is 71.4 Å². The number of carbonyl (C=O) groups is 1. The van der Waals surface area contributed by atoms with Crippen LogP contribution >= 0.6 is 31.9 Å². The van der Waals surface area contributed by atoms with Gasteiger partial charge in [0.1, 0.15) is 22.9 Å². The number of aryl methyl sites for hydroxylation is 1. The molecule has 3 heterocycles. The third-order valence-electron chi connectivity index (χ3n) is 4.57. The van der Waals surface area contributed by atoms with Gasteiger partial charge >= 0.3 is 0 Å². The van der Waals surface area contributed by atoms with Crippen molar-refractivity contribution in [2.75, 3.05) is 0 Å². The minimum Gasteiger partial charge on any atom is -0.459 e. The lowest BCUT2D eigenvalue weighted by Gasteiger charge is -2.05. The molecule has 0 saturated carbocycles. The molecule has 0 unspecified atom stereocenters. The number of pyridine rings is 1. The Morgan fingerprint density at radius 3 is 2.61 bits per heavy atom. The number of aromatic nitrogens is 2. The van der Waals surface area contributed by atoms with Gasteiger partial charge in [-0.25, -0.2) is 23.5 Å². The van der Waals surface area contributed by atoms with E-state index >= 15 is 0 Å². The van der Waals surface area contributed by atoms with Crippen LogP contribution in [0.1, 0.15) is 27.7 Å². The van der Waals surface area contributed by atoms with E-state index in [0.717, 1.165) is 8.95 Å². The summed E-state index contributed by atoms with van der Waals surface area (Å²) in [4.78, 5) is 17.1. The van der Waals surface area contributed by atoms with Crippen LogP contribution in [-0.4, -0.2) is 29.9 Å². The fourth-order valence-electron chi connectivity index (χ4n) is 3.04. The SMILES string of the molecule is Cc1nc2ccc(Br)cn2c1C(=O)N/N=C/c1ccc(CNS(=O)(=O)c2ccc(Br)cc2)o1. The van der Waals surface area contributed by atoms with Crippen LogP contribution < -0.4 is 10.1 Å². The van der Waals surface area contributed by atoms with E-state index in [1.807, 2.05) is 6.07 Å². The summed E-state index contributed by atoms with van der Waals surface area (Å²) in [6.45, 7) is 1.71. The number of nitrogens with zero attached hydrogens (tertiary/aromatic N) is 3. The predicted molar refractivity (Wildman–Crippen MR) is 130 cm³/mol. The maximum absolute atomic E-state index is 12.6. The number of benzene rings is 1. The standard InChI is InChI=1S/C21H17Br2N5O4S/c1-13-20(28-12-15(23)4-9-19(28)26-13)21(29)27-24-10-16-5-6-17(32-16)11-25-33(30,31)18-7-2-14(22)3-8-18/h2-10,12,25H,11H2,1H3,(H,27,29)/b24-10+. The molecule has 0 spiro atoms. The molecule has 170 valence electrons. The molecule has 0 atom stereocenters. The van der Waals surface area contributed by atoms with Gasteiger partial charge < -0.3 is 4.42 Å². The summed E-state index contributed by atoms with van der Waals surface area (Å²) < 4.78 is 36.1. The smallest absolute Gasteiger partial charge is 0.290 e. The van der Waals surface area contributed by atoms with Crippen LogP contribution in [0.2, 0.25) is 0 Å². The van der Waals surface area contributed by atoms with Crippen LogP contribution in [0.5, 0.6) is 0 Å². The summed E-state index contributed by atoms with van der Waals surface area (Å²) in [5.74, 6) is 0.320. The van der Waals surface area contributed by atoms with Crippen LogP contribution in [0, 0.1) is 6.92 Å². The Balaban J connectivity index is 1.38. The highest BCUT2D eigenvalue weighted by Gasteiger charge is 2.17. The summed E-state index contributed by atoms with van der Waals surface area (Å²) in [6, 6.07) is 13.2. The molecule has 0 aliphatic carbocycles. The van der Waals surface area contributed by atoms with Crippen molar-refractivity contribution in [3.05, 3.63) is 86.6 Å². The van der Waals surface area contributed by atoms with E-state index in [0.29, 0.717) is 28.6 Å². The van der Waals surface area contributed by atoms with Crippen LogP contribution in [-0.2, 0) is 16.6 Å². The number of sulfonamides is 1. The molecule has 1 aromatic carbocycles. The molecule has 2 N–H and O–H groups in total. The number of hydrogen-bond donors (Lipinski definition) is 2. The van der Waals surface area contributed by atoms with E-state index < -0.39 is 15.9 Å². The number of hydrogen-bond acceptors (Lipinski definition) is 6. The van der Waals surface area contributed by atoms with E-state index in [-0.39, 0.29) is 11.4 Å². The van der Waals surface area contributed by atoms with Gasteiger partial charge in [0.2, 0.25) is 10.0 Å². The molecule has 0 fully saturated rings. The molecule has 3 aromatic heterocycles. The Morgan fingerprint density at radius 1 is 1.12 bits per heavy atom. The average molecular weight is 595 g/mol. The molecule has 9 nitrogen and oxygen atoms in total. The summed E-state index contributed by atoms with van der Waals surface area (Å²) in [5.41, 5.74) is 4.04. The number of hydrazone groups is 1. The Morgan fingerprint density at radius 2 is 1.85 bits per heavy atom. The monoisotopic (exact) mass is 593 g/mol. The lowest BCUT2D eigenvalue weighted by Crippen LogP contribution is -2.22. The topological polar surface area (TPSA) is 118 Å². The largest absolute Gasteiger partial charge is 0.459 e. The molecule has 12 heteroatoms. The van der Waals surface area contributed by atoms with Crippen LogP contribution in [0.4, 0.5) is 0 Å². The summed E-state index contributed by atoms with van der Waals surface area (Å²) in [7, 11) is -3.68. The number of furan rings is 1. The molecule has 0 bridgehead atoms. The molecule has 1 amide bonds. The maximum Gasteiger partial charge on any atom is 0.290 e. The fraction of sp³-hybridized carbons (Fsp3) is 0.0952. The quantitative estimate of drug-likeness (QED) is 0.248. The van der Waals surface area contributed by atoms with Gasteiger partial charge in [0, 0.05) is 15.1 Å². The third kappa shape index (κ3) is 5.41. The second kappa shape index (κ2) is 9.59. The molecule has 4 rings (SSSR count). The van der Waals surface area contributed by atoms with Crippen molar-refractivity contribution >= 4 is 59.7 Å². The van der Waals surface area contributed by atoms with Crippen molar-refractivity contribution in [1.82, 2.24) is 19.5 Å². The number of carbonyl (C=O) groups excluding carboxylic acids is 1. The van der Waals surface area contributed by atoms with E-state index in [9.17, 15) is 13.2 Å². The van der Waals surface area contributed by atoms with Gasteiger partial charge in [-0.1, -0.05) is 15.9 Å². The highest BCUT2D eigenvalue weighted by atomic mass is 79.9. The van der Waals surface area contributed by atoms with Gasteiger partial charge in [-0.3, -0.25) is 9.20 Å². The maximum atomic E-state index is 12.6. The second-order valence-corrected chi connectivity index (χ2v) is 10.5. The highest BCUT2D eigenvalue weighted by Crippen LogP contribution is 2.17. The highest BCUT2D eigenvalue weighted by molar-refractivity contribution is 9.10. The number of imidazole rings is 1.